The SMILES string of the molecule is CC(C)C(NC(=O)CN1CCN(C)CC1)C(=O)O. The number of carboxylic acid groups (broad SMARTS) is 1. The van der Waals surface area contributed by atoms with Gasteiger partial charge in [0.15, 0.2) is 0 Å². The van der Waals surface area contributed by atoms with E-state index < -0.39 is 12.0 Å². The Kier molecular flexibility index (Phi) is 5.55. The van der Waals surface area contributed by atoms with Crippen LogP contribution in [-0.4, -0.2) is 72.6 Å². The topological polar surface area (TPSA) is 72.9 Å². The highest BCUT2D eigenvalue weighted by Gasteiger charge is 2.24. The van der Waals surface area contributed by atoms with E-state index in [1.165, 1.54) is 0 Å². The first kappa shape index (κ1) is 14.9. The van der Waals surface area contributed by atoms with Crippen molar-refractivity contribution in [2.24, 2.45) is 5.92 Å². The summed E-state index contributed by atoms with van der Waals surface area (Å²) in [5.74, 6) is -1.30. The first-order valence-corrected chi connectivity index (χ1v) is 6.33. The summed E-state index contributed by atoms with van der Waals surface area (Å²) < 4.78 is 0. The van der Waals surface area contributed by atoms with Crippen LogP contribution in [0.25, 0.3) is 0 Å². The lowest BCUT2D eigenvalue weighted by atomic mass is 10.0. The smallest absolute Gasteiger partial charge is 0.326 e. The summed E-state index contributed by atoms with van der Waals surface area (Å²) in [5, 5.41) is 11.6. The molecule has 1 aliphatic rings. The van der Waals surface area contributed by atoms with E-state index in [1.54, 1.807) is 13.8 Å². The van der Waals surface area contributed by atoms with Crippen molar-refractivity contribution in [1.82, 2.24) is 15.1 Å². The summed E-state index contributed by atoms with van der Waals surface area (Å²) >= 11 is 0. The monoisotopic (exact) mass is 257 g/mol. The maximum Gasteiger partial charge on any atom is 0.326 e. The van der Waals surface area contributed by atoms with Crippen LogP contribution in [0.15, 0.2) is 0 Å². The Balaban J connectivity index is 2.38. The second-order valence-corrected chi connectivity index (χ2v) is 5.21. The molecule has 6 heteroatoms. The van der Waals surface area contributed by atoms with Gasteiger partial charge in [-0.15, -0.1) is 0 Å². The van der Waals surface area contributed by atoms with Crippen molar-refractivity contribution < 1.29 is 14.7 Å². The fourth-order valence-electron chi connectivity index (χ4n) is 1.94. The molecule has 1 rings (SSSR count). The first-order valence-electron chi connectivity index (χ1n) is 6.33. The Morgan fingerprint density at radius 2 is 1.78 bits per heavy atom. The highest BCUT2D eigenvalue weighted by Crippen LogP contribution is 2.03. The lowest BCUT2D eigenvalue weighted by Gasteiger charge is -2.32. The average Bonchev–Trinajstić information content (AvgIpc) is 2.28. The molecule has 0 saturated carbocycles. The zero-order valence-electron chi connectivity index (χ0n) is 11.3. The van der Waals surface area contributed by atoms with Crippen LogP contribution in [-0.2, 0) is 9.59 Å². The molecular formula is C12H23N3O3. The van der Waals surface area contributed by atoms with Gasteiger partial charge in [0.05, 0.1) is 6.54 Å². The number of carbonyl (C=O) groups is 2. The quantitative estimate of drug-likeness (QED) is 0.692. The molecule has 0 aromatic rings. The zero-order chi connectivity index (χ0) is 13.7. The molecule has 1 unspecified atom stereocenters. The van der Waals surface area contributed by atoms with Crippen LogP contribution in [0.4, 0.5) is 0 Å². The lowest BCUT2D eigenvalue weighted by molar-refractivity contribution is -0.143. The van der Waals surface area contributed by atoms with E-state index in [4.69, 9.17) is 5.11 Å². The third-order valence-electron chi connectivity index (χ3n) is 3.21. The number of likely N-dealkylation sites (N-methyl/N-ethyl adjacent to an activating group) is 1. The van der Waals surface area contributed by atoms with Gasteiger partial charge in [-0.1, -0.05) is 13.8 Å². The van der Waals surface area contributed by atoms with E-state index >= 15 is 0 Å². The van der Waals surface area contributed by atoms with Gasteiger partial charge in [-0.25, -0.2) is 4.79 Å². The molecule has 18 heavy (non-hydrogen) atoms. The van der Waals surface area contributed by atoms with Crippen molar-refractivity contribution in [1.29, 1.82) is 0 Å². The lowest BCUT2D eigenvalue weighted by Crippen LogP contribution is -2.51. The molecule has 2 N–H and O–H groups in total. The molecule has 0 aromatic heterocycles. The highest BCUT2D eigenvalue weighted by atomic mass is 16.4. The molecule has 0 radical (unpaired) electrons. The summed E-state index contributed by atoms with van der Waals surface area (Å²) in [6.07, 6.45) is 0. The van der Waals surface area contributed by atoms with Gasteiger partial charge in [-0.05, 0) is 13.0 Å². The standard InChI is InChI=1S/C12H23N3O3/c1-9(2)11(12(17)18)13-10(16)8-15-6-4-14(3)5-7-15/h9,11H,4-8H2,1-3H3,(H,13,16)(H,17,18). The molecular weight excluding hydrogens is 234 g/mol. The largest absolute Gasteiger partial charge is 0.480 e. The molecule has 104 valence electrons. The molecule has 1 amide bonds. The summed E-state index contributed by atoms with van der Waals surface area (Å²) in [7, 11) is 2.05. The van der Waals surface area contributed by atoms with Crippen molar-refractivity contribution in [2.75, 3.05) is 39.8 Å². The van der Waals surface area contributed by atoms with Gasteiger partial charge in [0.1, 0.15) is 6.04 Å². The van der Waals surface area contributed by atoms with Crippen molar-refractivity contribution in [3.63, 3.8) is 0 Å². The van der Waals surface area contributed by atoms with Crippen molar-refractivity contribution in [3.8, 4) is 0 Å². The molecule has 1 heterocycles. The maximum atomic E-state index is 11.8. The van der Waals surface area contributed by atoms with E-state index in [0.29, 0.717) is 0 Å². The van der Waals surface area contributed by atoms with Crippen LogP contribution in [0.5, 0.6) is 0 Å². The number of amides is 1. The molecule has 1 atom stereocenters. The molecule has 0 aliphatic carbocycles. The van der Waals surface area contributed by atoms with E-state index in [1.807, 2.05) is 0 Å². The van der Waals surface area contributed by atoms with Crippen LogP contribution in [0.1, 0.15) is 13.8 Å². The number of aliphatic carboxylic acids is 1. The summed E-state index contributed by atoms with van der Waals surface area (Å²) in [4.78, 5) is 27.0. The van der Waals surface area contributed by atoms with E-state index in [0.717, 1.165) is 26.2 Å². The predicted molar refractivity (Wildman–Crippen MR) is 68.3 cm³/mol. The van der Waals surface area contributed by atoms with Gasteiger partial charge >= 0.3 is 5.97 Å². The molecule has 0 spiro atoms. The number of nitrogens with zero attached hydrogens (tertiary/aromatic N) is 2. The van der Waals surface area contributed by atoms with Gasteiger partial charge in [0, 0.05) is 26.2 Å². The van der Waals surface area contributed by atoms with Gasteiger partial charge in [-0.3, -0.25) is 9.69 Å². The van der Waals surface area contributed by atoms with Crippen molar-refractivity contribution >= 4 is 11.9 Å². The van der Waals surface area contributed by atoms with Gasteiger partial charge < -0.3 is 15.3 Å². The zero-order valence-corrected chi connectivity index (χ0v) is 11.3. The highest BCUT2D eigenvalue weighted by molar-refractivity contribution is 5.84. The van der Waals surface area contributed by atoms with Crippen LogP contribution in [0, 0.1) is 5.92 Å². The number of hydrogen-bond donors (Lipinski definition) is 2. The van der Waals surface area contributed by atoms with Gasteiger partial charge in [-0.2, -0.15) is 0 Å². The van der Waals surface area contributed by atoms with Crippen LogP contribution < -0.4 is 5.32 Å². The number of nitrogens with one attached hydrogen (secondary N) is 1. The minimum Gasteiger partial charge on any atom is -0.480 e. The molecule has 1 aliphatic heterocycles. The van der Waals surface area contributed by atoms with E-state index in [-0.39, 0.29) is 18.4 Å². The Morgan fingerprint density at radius 1 is 1.22 bits per heavy atom. The molecule has 1 saturated heterocycles. The van der Waals surface area contributed by atoms with Crippen LogP contribution >= 0.6 is 0 Å². The summed E-state index contributed by atoms with van der Waals surface area (Å²) in [6, 6.07) is -0.801. The van der Waals surface area contributed by atoms with Gasteiger partial charge in [0.2, 0.25) is 5.91 Å². The molecule has 0 bridgehead atoms. The minimum absolute atomic E-state index is 0.112. The number of carboxylic acids is 1. The van der Waals surface area contributed by atoms with Crippen LogP contribution in [0.2, 0.25) is 0 Å². The molecule has 1 fully saturated rings. The third-order valence-corrected chi connectivity index (χ3v) is 3.21. The maximum absolute atomic E-state index is 11.8. The van der Waals surface area contributed by atoms with Crippen molar-refractivity contribution in [3.05, 3.63) is 0 Å². The third kappa shape index (κ3) is 4.62. The average molecular weight is 257 g/mol. The summed E-state index contributed by atoms with van der Waals surface area (Å²) in [5.41, 5.74) is 0. The number of hydrogen-bond acceptors (Lipinski definition) is 4. The molecule has 6 nitrogen and oxygen atoms in total. The Morgan fingerprint density at radius 3 is 2.22 bits per heavy atom. The number of carbonyl (C=O) groups excluding carboxylic acids is 1. The Hall–Kier alpha value is -1.14. The fourth-order valence-corrected chi connectivity index (χ4v) is 1.94. The normalized spacial score (nSPS) is 19.8. The second kappa shape index (κ2) is 6.70. The number of rotatable bonds is 5. The van der Waals surface area contributed by atoms with E-state index in [2.05, 4.69) is 22.2 Å². The minimum atomic E-state index is -0.975. The van der Waals surface area contributed by atoms with Gasteiger partial charge in [0.25, 0.3) is 0 Å². The Labute approximate surface area is 108 Å². The van der Waals surface area contributed by atoms with Crippen LogP contribution in [0.3, 0.4) is 0 Å². The fraction of sp³-hybridized carbons (Fsp3) is 0.833. The van der Waals surface area contributed by atoms with E-state index in [9.17, 15) is 9.59 Å². The Bertz CT molecular complexity index is 299. The first-order chi connectivity index (χ1) is 8.40. The predicted octanol–water partition coefficient (Wildman–Crippen LogP) is -0.541. The summed E-state index contributed by atoms with van der Waals surface area (Å²) in [6.45, 7) is 7.44. The molecule has 0 aromatic carbocycles. The number of piperazine rings is 1. The van der Waals surface area contributed by atoms with Crippen molar-refractivity contribution in [2.45, 2.75) is 19.9 Å². The second-order valence-electron chi connectivity index (χ2n) is 5.21.